The van der Waals surface area contributed by atoms with Crippen LogP contribution in [-0.4, -0.2) is 14.1 Å². The van der Waals surface area contributed by atoms with Crippen LogP contribution in [-0.2, 0) is 0 Å². The molecule has 0 fully saturated rings. The first kappa shape index (κ1) is 10.7. The van der Waals surface area contributed by atoms with Gasteiger partial charge in [-0.05, 0) is 23.3 Å². The SMILES string of the molecule is CN(C)c1ccc([CH]c2ccccc2)cc1. The predicted octanol–water partition coefficient (Wildman–Crippen LogP) is 3.35. The van der Waals surface area contributed by atoms with E-state index in [9.17, 15) is 0 Å². The van der Waals surface area contributed by atoms with Gasteiger partial charge in [-0.15, -0.1) is 0 Å². The van der Waals surface area contributed by atoms with Gasteiger partial charge in [0.25, 0.3) is 0 Å². The van der Waals surface area contributed by atoms with Crippen LogP contribution < -0.4 is 4.90 Å². The van der Waals surface area contributed by atoms with Crippen molar-refractivity contribution in [3.63, 3.8) is 0 Å². The Balaban J connectivity index is 2.11. The molecule has 2 rings (SSSR count). The summed E-state index contributed by atoms with van der Waals surface area (Å²) in [7, 11) is 4.10. The van der Waals surface area contributed by atoms with E-state index in [2.05, 4.69) is 73.9 Å². The lowest BCUT2D eigenvalue weighted by Gasteiger charge is -2.12. The summed E-state index contributed by atoms with van der Waals surface area (Å²) in [5.74, 6) is 0. The first-order valence-electron chi connectivity index (χ1n) is 5.43. The number of benzene rings is 2. The van der Waals surface area contributed by atoms with Crippen molar-refractivity contribution in [3.05, 3.63) is 72.1 Å². The van der Waals surface area contributed by atoms with Gasteiger partial charge in [0, 0.05) is 26.2 Å². The van der Waals surface area contributed by atoms with Gasteiger partial charge in [-0.1, -0.05) is 42.5 Å². The Bertz CT molecular complexity index is 429. The van der Waals surface area contributed by atoms with Crippen LogP contribution in [0.2, 0.25) is 0 Å². The Morgan fingerprint density at radius 3 is 1.88 bits per heavy atom. The van der Waals surface area contributed by atoms with Gasteiger partial charge in [-0.3, -0.25) is 0 Å². The molecule has 0 saturated carbocycles. The number of nitrogens with zero attached hydrogens (tertiary/aromatic N) is 1. The molecular weight excluding hydrogens is 194 g/mol. The molecule has 0 spiro atoms. The molecule has 0 aliphatic heterocycles. The van der Waals surface area contributed by atoms with Gasteiger partial charge in [0.05, 0.1) is 0 Å². The van der Waals surface area contributed by atoms with Gasteiger partial charge in [-0.2, -0.15) is 0 Å². The van der Waals surface area contributed by atoms with E-state index < -0.39 is 0 Å². The van der Waals surface area contributed by atoms with Crippen LogP contribution in [0.25, 0.3) is 0 Å². The molecule has 1 nitrogen and oxygen atoms in total. The molecule has 1 radical (unpaired) electrons. The molecular formula is C15H16N. The summed E-state index contributed by atoms with van der Waals surface area (Å²) in [6.07, 6.45) is 2.18. The molecule has 0 saturated heterocycles. The van der Waals surface area contributed by atoms with Crippen LogP contribution >= 0.6 is 0 Å². The summed E-state index contributed by atoms with van der Waals surface area (Å²) in [6.45, 7) is 0. The van der Waals surface area contributed by atoms with Crippen molar-refractivity contribution >= 4 is 5.69 Å². The molecule has 1 heteroatoms. The summed E-state index contributed by atoms with van der Waals surface area (Å²) in [4.78, 5) is 2.10. The largest absolute Gasteiger partial charge is 0.378 e. The van der Waals surface area contributed by atoms with E-state index >= 15 is 0 Å². The van der Waals surface area contributed by atoms with E-state index in [1.165, 1.54) is 16.8 Å². The summed E-state index contributed by atoms with van der Waals surface area (Å²) in [5.41, 5.74) is 3.70. The Morgan fingerprint density at radius 1 is 0.750 bits per heavy atom. The van der Waals surface area contributed by atoms with Crippen LogP contribution in [0, 0.1) is 6.42 Å². The number of anilines is 1. The molecule has 2 aromatic rings. The molecule has 0 atom stereocenters. The van der Waals surface area contributed by atoms with Crippen LogP contribution in [0.5, 0.6) is 0 Å². The second kappa shape index (κ2) is 4.84. The lowest BCUT2D eigenvalue weighted by molar-refractivity contribution is 1.13. The highest BCUT2D eigenvalue weighted by Gasteiger charge is 1.98. The summed E-state index contributed by atoms with van der Waals surface area (Å²) < 4.78 is 0. The van der Waals surface area contributed by atoms with Crippen molar-refractivity contribution in [2.45, 2.75) is 0 Å². The quantitative estimate of drug-likeness (QED) is 0.751. The molecule has 0 aromatic heterocycles. The van der Waals surface area contributed by atoms with Gasteiger partial charge in [0.15, 0.2) is 0 Å². The van der Waals surface area contributed by atoms with Crippen molar-refractivity contribution in [2.75, 3.05) is 19.0 Å². The lowest BCUT2D eigenvalue weighted by atomic mass is 10.0. The first-order valence-corrected chi connectivity index (χ1v) is 5.43. The van der Waals surface area contributed by atoms with Gasteiger partial charge < -0.3 is 4.90 Å². The number of rotatable bonds is 3. The zero-order valence-electron chi connectivity index (χ0n) is 9.72. The normalized spacial score (nSPS) is 10.1. The standard InChI is InChI=1S/C15H16N/c1-16(2)15-10-8-14(9-11-15)12-13-6-4-3-5-7-13/h3-12H,1-2H3. The van der Waals surface area contributed by atoms with E-state index in [1.54, 1.807) is 0 Å². The fraction of sp³-hybridized carbons (Fsp3) is 0.133. The van der Waals surface area contributed by atoms with Crippen molar-refractivity contribution in [1.82, 2.24) is 0 Å². The Hall–Kier alpha value is -1.76. The fourth-order valence-electron chi connectivity index (χ4n) is 1.61. The zero-order valence-corrected chi connectivity index (χ0v) is 9.72. The predicted molar refractivity (Wildman–Crippen MR) is 69.7 cm³/mol. The van der Waals surface area contributed by atoms with Gasteiger partial charge in [0.1, 0.15) is 0 Å². The minimum atomic E-state index is 1.23. The van der Waals surface area contributed by atoms with Crippen LogP contribution in [0.15, 0.2) is 54.6 Å². The molecule has 2 aromatic carbocycles. The smallest absolute Gasteiger partial charge is 0.0361 e. The highest BCUT2D eigenvalue weighted by atomic mass is 15.1. The highest BCUT2D eigenvalue weighted by molar-refractivity contribution is 5.49. The average Bonchev–Trinajstić information content (AvgIpc) is 2.31. The number of hydrogen-bond acceptors (Lipinski definition) is 1. The molecule has 0 aliphatic rings. The van der Waals surface area contributed by atoms with Crippen LogP contribution in [0.3, 0.4) is 0 Å². The minimum Gasteiger partial charge on any atom is -0.378 e. The molecule has 16 heavy (non-hydrogen) atoms. The maximum absolute atomic E-state index is 2.18. The lowest BCUT2D eigenvalue weighted by Crippen LogP contribution is -2.08. The summed E-state index contributed by atoms with van der Waals surface area (Å²) in [5, 5.41) is 0. The van der Waals surface area contributed by atoms with Gasteiger partial charge in [0.2, 0.25) is 0 Å². The maximum atomic E-state index is 2.18. The topological polar surface area (TPSA) is 3.24 Å². The van der Waals surface area contributed by atoms with Crippen LogP contribution in [0.1, 0.15) is 11.1 Å². The van der Waals surface area contributed by atoms with Crippen molar-refractivity contribution < 1.29 is 0 Å². The number of hydrogen-bond donors (Lipinski definition) is 0. The maximum Gasteiger partial charge on any atom is 0.0361 e. The van der Waals surface area contributed by atoms with Crippen molar-refractivity contribution in [2.24, 2.45) is 0 Å². The minimum absolute atomic E-state index is 1.23. The second-order valence-corrected chi connectivity index (χ2v) is 4.04. The van der Waals surface area contributed by atoms with Crippen LogP contribution in [0.4, 0.5) is 5.69 Å². The van der Waals surface area contributed by atoms with E-state index in [4.69, 9.17) is 0 Å². The van der Waals surface area contributed by atoms with E-state index in [0.717, 1.165) is 0 Å². The van der Waals surface area contributed by atoms with Crippen molar-refractivity contribution in [3.8, 4) is 0 Å². The summed E-state index contributed by atoms with van der Waals surface area (Å²) >= 11 is 0. The first-order chi connectivity index (χ1) is 7.75. The van der Waals surface area contributed by atoms with Gasteiger partial charge >= 0.3 is 0 Å². The monoisotopic (exact) mass is 210 g/mol. The van der Waals surface area contributed by atoms with E-state index in [0.29, 0.717) is 0 Å². The van der Waals surface area contributed by atoms with Gasteiger partial charge in [-0.25, -0.2) is 0 Å². The highest BCUT2D eigenvalue weighted by Crippen LogP contribution is 2.16. The molecule has 0 aliphatic carbocycles. The molecule has 0 unspecified atom stereocenters. The fourth-order valence-corrected chi connectivity index (χ4v) is 1.61. The van der Waals surface area contributed by atoms with Crippen molar-refractivity contribution in [1.29, 1.82) is 0 Å². The van der Waals surface area contributed by atoms with E-state index in [1.807, 2.05) is 6.07 Å². The second-order valence-electron chi connectivity index (χ2n) is 4.04. The summed E-state index contributed by atoms with van der Waals surface area (Å²) in [6, 6.07) is 18.9. The third-order valence-electron chi connectivity index (χ3n) is 2.54. The molecule has 0 amide bonds. The Kier molecular flexibility index (Phi) is 3.25. The molecule has 0 heterocycles. The zero-order chi connectivity index (χ0) is 11.4. The Labute approximate surface area is 97.3 Å². The molecule has 0 bridgehead atoms. The molecule has 81 valence electrons. The third kappa shape index (κ3) is 2.63. The average molecular weight is 210 g/mol. The Morgan fingerprint density at radius 2 is 1.31 bits per heavy atom. The third-order valence-corrected chi connectivity index (χ3v) is 2.54. The molecule has 0 N–H and O–H groups in total. The van der Waals surface area contributed by atoms with E-state index in [-0.39, 0.29) is 0 Å².